The molecule has 0 spiro atoms. The molecule has 0 heterocycles. The molecule has 1 aliphatic rings. The molecule has 10 heteroatoms. The van der Waals surface area contributed by atoms with Crippen molar-refractivity contribution in [3.05, 3.63) is 58.7 Å². The largest absolute Gasteiger partial charge is 0.404 e. The fraction of sp³-hybridized carbons (Fsp3) is 0.364. The predicted octanol–water partition coefficient (Wildman–Crippen LogP) is 2.25. The first-order valence-corrected chi connectivity index (χ1v) is 11.4. The fourth-order valence-electron chi connectivity index (χ4n) is 3.65. The molecule has 0 saturated carbocycles. The molecule has 32 heavy (non-hydrogen) atoms. The second-order valence-corrected chi connectivity index (χ2v) is 9.66. The lowest BCUT2D eigenvalue weighted by molar-refractivity contribution is -0.915. The summed E-state index contributed by atoms with van der Waals surface area (Å²) in [6.07, 6.45) is -0.425. The maximum Gasteiger partial charge on any atom is 0.404 e. The molecule has 1 aliphatic carbocycles. The van der Waals surface area contributed by atoms with E-state index < -0.39 is 16.6 Å². The van der Waals surface area contributed by atoms with E-state index in [4.69, 9.17) is 4.18 Å². The van der Waals surface area contributed by atoms with Crippen molar-refractivity contribution >= 4 is 33.3 Å². The molecule has 0 amide bonds. The minimum Gasteiger partial charge on any atom is -0.388 e. The van der Waals surface area contributed by atoms with Crippen LogP contribution in [0.2, 0.25) is 0 Å². The Morgan fingerprint density at radius 3 is 1.97 bits per heavy atom. The van der Waals surface area contributed by atoms with Crippen molar-refractivity contribution in [2.24, 2.45) is 0 Å². The summed E-state index contributed by atoms with van der Waals surface area (Å²) in [5, 5.41) is 6.17. The van der Waals surface area contributed by atoms with E-state index in [1.54, 1.807) is 64.6 Å². The summed E-state index contributed by atoms with van der Waals surface area (Å²) in [7, 11) is 4.03. The summed E-state index contributed by atoms with van der Waals surface area (Å²) in [4.78, 5) is 26.4. The van der Waals surface area contributed by atoms with Crippen LogP contribution in [0.4, 0.5) is 11.4 Å². The van der Waals surface area contributed by atoms with Crippen molar-refractivity contribution in [1.29, 1.82) is 0 Å². The van der Waals surface area contributed by atoms with Crippen molar-refractivity contribution in [2.75, 3.05) is 52.5 Å². The van der Waals surface area contributed by atoms with Crippen molar-refractivity contribution in [3.63, 3.8) is 0 Å². The van der Waals surface area contributed by atoms with Gasteiger partial charge in [0, 0.05) is 42.5 Å². The van der Waals surface area contributed by atoms with Crippen LogP contribution in [0.15, 0.2) is 36.4 Å². The van der Waals surface area contributed by atoms with Gasteiger partial charge in [0.05, 0.1) is 39.4 Å². The van der Waals surface area contributed by atoms with E-state index >= 15 is 0 Å². The monoisotopic (exact) mass is 462 g/mol. The number of nitrogens with zero attached hydrogens (tertiary/aromatic N) is 1. The van der Waals surface area contributed by atoms with Crippen molar-refractivity contribution in [2.45, 2.75) is 12.6 Å². The highest BCUT2D eigenvalue weighted by atomic mass is 32.3. The summed E-state index contributed by atoms with van der Waals surface area (Å²) in [6, 6.07) is 10.2. The molecule has 0 aromatic heterocycles. The number of quaternary nitrogens is 1. The van der Waals surface area contributed by atoms with Gasteiger partial charge < -0.3 is 15.1 Å². The smallest absolute Gasteiger partial charge is 0.388 e. The quantitative estimate of drug-likeness (QED) is 0.368. The van der Waals surface area contributed by atoms with E-state index in [2.05, 4.69) is 14.8 Å². The number of hydrogen-bond donors (Lipinski definition) is 2. The molecule has 0 bridgehead atoms. The van der Waals surface area contributed by atoms with Crippen LogP contribution >= 0.6 is 0 Å². The molecule has 0 saturated heterocycles. The Labute approximate surface area is 188 Å². The number of rotatable bonds is 9. The van der Waals surface area contributed by atoms with Crippen LogP contribution in [-0.2, 0) is 18.8 Å². The van der Waals surface area contributed by atoms with Crippen molar-refractivity contribution in [1.82, 2.24) is 0 Å². The van der Waals surface area contributed by atoms with Crippen LogP contribution in [0.3, 0.4) is 0 Å². The Kier molecular flexibility index (Phi) is 6.70. The number of carbonyl (C=O) groups excluding carboxylic acids is 2. The number of benzene rings is 2. The second kappa shape index (κ2) is 8.99. The summed E-state index contributed by atoms with van der Waals surface area (Å²) >= 11 is 0. The van der Waals surface area contributed by atoms with Crippen LogP contribution in [0.5, 0.6) is 0 Å². The molecule has 9 nitrogen and oxygen atoms in total. The SMILES string of the molecule is CNc1ccc(NCCC(OS(=O)(=O)OC)[N+](C)(C)C)c2c1C(=O)c1ccccc1C2=O. The first-order chi connectivity index (χ1) is 15.0. The topological polar surface area (TPSA) is 111 Å². The number of ketones is 2. The molecular formula is C22H28N3O6S+. The summed E-state index contributed by atoms with van der Waals surface area (Å²) in [6.45, 7) is 0.299. The standard InChI is InChI=1S/C22H27N3O6S/c1-23-16-10-11-17(24-13-12-18(25(2,3)4)31-32(28,29)30-5)20-19(16)21(26)14-8-6-7-9-15(14)22(20)27/h6-11,18H,12-13H2,1-5H3,(H-,23,24,26,27)/p+1. The Hall–Kier alpha value is -2.79. The minimum atomic E-state index is -4.12. The highest BCUT2D eigenvalue weighted by molar-refractivity contribution is 7.81. The van der Waals surface area contributed by atoms with E-state index in [0.29, 0.717) is 46.6 Å². The highest BCUT2D eigenvalue weighted by Gasteiger charge is 2.34. The van der Waals surface area contributed by atoms with Gasteiger partial charge >= 0.3 is 10.4 Å². The molecule has 2 aromatic carbocycles. The van der Waals surface area contributed by atoms with Gasteiger partial charge in [-0.1, -0.05) is 24.3 Å². The first-order valence-electron chi connectivity index (χ1n) is 10.1. The van der Waals surface area contributed by atoms with Gasteiger partial charge in [0.2, 0.25) is 6.23 Å². The molecule has 1 unspecified atom stereocenters. The molecule has 3 rings (SSSR count). The number of anilines is 2. The molecule has 2 N–H and O–H groups in total. The van der Waals surface area contributed by atoms with Crippen LogP contribution in [0, 0.1) is 0 Å². The Balaban J connectivity index is 1.90. The van der Waals surface area contributed by atoms with Gasteiger partial charge in [-0.05, 0) is 12.1 Å². The number of nitrogens with one attached hydrogen (secondary N) is 2. The van der Waals surface area contributed by atoms with Gasteiger partial charge in [0.25, 0.3) is 0 Å². The Bertz CT molecular complexity index is 1150. The Morgan fingerprint density at radius 2 is 1.47 bits per heavy atom. The lowest BCUT2D eigenvalue weighted by Crippen LogP contribution is -2.48. The van der Waals surface area contributed by atoms with Crippen LogP contribution in [0.25, 0.3) is 0 Å². The zero-order chi connectivity index (χ0) is 23.7. The number of carbonyl (C=O) groups is 2. The summed E-state index contributed by atoms with van der Waals surface area (Å²) in [5.41, 5.74) is 2.43. The maximum absolute atomic E-state index is 13.3. The number of hydrogen-bond acceptors (Lipinski definition) is 8. The third-order valence-corrected chi connectivity index (χ3v) is 6.21. The lowest BCUT2D eigenvalue weighted by atomic mass is 9.82. The van der Waals surface area contributed by atoms with Crippen molar-refractivity contribution in [3.8, 4) is 0 Å². The van der Waals surface area contributed by atoms with E-state index in [1.165, 1.54) is 0 Å². The zero-order valence-corrected chi connectivity index (χ0v) is 19.6. The molecule has 1 atom stereocenters. The van der Waals surface area contributed by atoms with E-state index in [1.807, 2.05) is 0 Å². The normalized spacial score (nSPS) is 14.5. The van der Waals surface area contributed by atoms with Gasteiger partial charge in [-0.25, -0.2) is 0 Å². The summed E-state index contributed by atoms with van der Waals surface area (Å²) < 4.78 is 33.4. The van der Waals surface area contributed by atoms with Crippen LogP contribution in [-0.4, -0.2) is 72.5 Å². The molecule has 2 aromatic rings. The minimum absolute atomic E-state index is 0.214. The molecular weight excluding hydrogens is 434 g/mol. The Morgan fingerprint density at radius 1 is 0.938 bits per heavy atom. The first kappa shape index (κ1) is 23.9. The average Bonchev–Trinajstić information content (AvgIpc) is 2.75. The van der Waals surface area contributed by atoms with Gasteiger partial charge in [0.1, 0.15) is 0 Å². The molecule has 172 valence electrons. The van der Waals surface area contributed by atoms with E-state index in [9.17, 15) is 18.0 Å². The predicted molar refractivity (Wildman–Crippen MR) is 121 cm³/mol. The fourth-order valence-corrected chi connectivity index (χ4v) is 4.35. The second-order valence-electron chi connectivity index (χ2n) is 8.32. The lowest BCUT2D eigenvalue weighted by Gasteiger charge is -2.32. The zero-order valence-electron chi connectivity index (χ0n) is 18.8. The highest BCUT2D eigenvalue weighted by Crippen LogP contribution is 2.36. The van der Waals surface area contributed by atoms with Gasteiger partial charge in [-0.15, -0.1) is 0 Å². The molecule has 0 aliphatic heterocycles. The maximum atomic E-state index is 13.3. The average molecular weight is 463 g/mol. The molecule has 0 fully saturated rings. The summed E-state index contributed by atoms with van der Waals surface area (Å²) in [5.74, 6) is -0.460. The third kappa shape index (κ3) is 4.68. The van der Waals surface area contributed by atoms with Gasteiger partial charge in [-0.2, -0.15) is 12.6 Å². The van der Waals surface area contributed by atoms with Gasteiger partial charge in [0.15, 0.2) is 11.6 Å². The van der Waals surface area contributed by atoms with Crippen LogP contribution < -0.4 is 10.6 Å². The molecule has 0 radical (unpaired) electrons. The van der Waals surface area contributed by atoms with Gasteiger partial charge in [-0.3, -0.25) is 13.8 Å². The number of fused-ring (bicyclic) bond motifs is 2. The van der Waals surface area contributed by atoms with E-state index in [-0.39, 0.29) is 16.0 Å². The third-order valence-electron chi connectivity index (χ3n) is 5.35. The van der Waals surface area contributed by atoms with E-state index in [0.717, 1.165) is 7.11 Å². The van der Waals surface area contributed by atoms with Crippen LogP contribution in [0.1, 0.15) is 38.3 Å². The van der Waals surface area contributed by atoms with Crippen molar-refractivity contribution < 1.29 is 30.9 Å².